The van der Waals surface area contributed by atoms with E-state index < -0.39 is 0 Å². The molecule has 1 fully saturated rings. The predicted octanol–water partition coefficient (Wildman–Crippen LogP) is 1.86. The molecule has 2 aromatic heterocycles. The Labute approximate surface area is 113 Å². The summed E-state index contributed by atoms with van der Waals surface area (Å²) in [5, 5.41) is 3.45. The van der Waals surface area contributed by atoms with Gasteiger partial charge in [0.2, 0.25) is 0 Å². The largest absolute Gasteiger partial charge is 0.367 e. The molecule has 5 nitrogen and oxygen atoms in total. The van der Waals surface area contributed by atoms with Crippen LogP contribution >= 0.6 is 0 Å². The zero-order valence-corrected chi connectivity index (χ0v) is 11.6. The molecular weight excluding hydrogens is 238 g/mol. The minimum Gasteiger partial charge on any atom is -0.367 e. The molecule has 5 heteroatoms. The van der Waals surface area contributed by atoms with E-state index in [1.165, 1.54) is 25.9 Å². The van der Waals surface area contributed by atoms with Crippen molar-refractivity contribution in [1.82, 2.24) is 19.4 Å². The van der Waals surface area contributed by atoms with E-state index in [0.29, 0.717) is 6.04 Å². The summed E-state index contributed by atoms with van der Waals surface area (Å²) in [6.07, 6.45) is 6.34. The first-order valence-electron chi connectivity index (χ1n) is 6.99. The Bertz CT molecular complexity index is 556. The Morgan fingerprint density at radius 1 is 1.32 bits per heavy atom. The van der Waals surface area contributed by atoms with E-state index in [1.54, 1.807) is 0 Å². The fourth-order valence-corrected chi connectivity index (χ4v) is 2.75. The molecule has 19 heavy (non-hydrogen) atoms. The number of aromatic nitrogens is 3. The fraction of sp³-hybridized carbons (Fsp3) is 0.571. The smallest absolute Gasteiger partial charge is 0.154 e. The normalized spacial score (nSPS) is 18.0. The van der Waals surface area contributed by atoms with E-state index in [9.17, 15) is 0 Å². The zero-order valence-electron chi connectivity index (χ0n) is 11.6. The molecule has 3 rings (SSSR count). The highest BCUT2D eigenvalue weighted by Gasteiger charge is 2.18. The lowest BCUT2D eigenvalue weighted by molar-refractivity contribution is 0.269. The monoisotopic (exact) mass is 259 g/mol. The van der Waals surface area contributed by atoms with Gasteiger partial charge in [-0.15, -0.1) is 0 Å². The van der Waals surface area contributed by atoms with Crippen molar-refractivity contribution in [3.05, 3.63) is 18.6 Å². The van der Waals surface area contributed by atoms with Gasteiger partial charge in [-0.2, -0.15) is 0 Å². The highest BCUT2D eigenvalue weighted by atomic mass is 15.2. The highest BCUT2D eigenvalue weighted by molar-refractivity contribution is 5.85. The number of imidazole rings is 1. The molecular formula is C14H21N5. The summed E-state index contributed by atoms with van der Waals surface area (Å²) in [5.74, 6) is 0.893. The minimum atomic E-state index is 0.545. The molecule has 0 spiro atoms. The zero-order chi connectivity index (χ0) is 13.2. The standard InChI is InChI=1S/C14H21N5/c1-11(19-7-3-4-8-19)9-16-14-13-12(5-6-15-14)18(2)10-17-13/h5-6,10-11H,3-4,7-9H2,1-2H3,(H,15,16). The van der Waals surface area contributed by atoms with E-state index in [0.717, 1.165) is 23.4 Å². The van der Waals surface area contributed by atoms with Gasteiger partial charge in [0.25, 0.3) is 0 Å². The number of likely N-dealkylation sites (tertiary alicyclic amines) is 1. The number of nitrogens with one attached hydrogen (secondary N) is 1. The molecule has 1 saturated heterocycles. The summed E-state index contributed by atoms with van der Waals surface area (Å²) in [5.41, 5.74) is 2.07. The Morgan fingerprint density at radius 2 is 2.11 bits per heavy atom. The second-order valence-electron chi connectivity index (χ2n) is 5.36. The third-order valence-electron chi connectivity index (χ3n) is 3.97. The molecule has 1 aliphatic rings. The Kier molecular flexibility index (Phi) is 3.38. The van der Waals surface area contributed by atoms with Crippen LogP contribution in [0.5, 0.6) is 0 Å². The van der Waals surface area contributed by atoms with Gasteiger partial charge in [0.05, 0.1) is 11.8 Å². The number of pyridine rings is 1. The van der Waals surface area contributed by atoms with Crippen molar-refractivity contribution < 1.29 is 0 Å². The predicted molar refractivity (Wildman–Crippen MR) is 77.3 cm³/mol. The van der Waals surface area contributed by atoms with E-state index in [-0.39, 0.29) is 0 Å². The molecule has 0 radical (unpaired) electrons. The van der Waals surface area contributed by atoms with Gasteiger partial charge in [-0.1, -0.05) is 0 Å². The first-order valence-corrected chi connectivity index (χ1v) is 6.99. The number of hydrogen-bond acceptors (Lipinski definition) is 4. The molecule has 1 N–H and O–H groups in total. The van der Waals surface area contributed by atoms with Gasteiger partial charge in [0.1, 0.15) is 5.52 Å². The van der Waals surface area contributed by atoms with Gasteiger partial charge in [-0.25, -0.2) is 9.97 Å². The maximum atomic E-state index is 4.42. The van der Waals surface area contributed by atoms with Gasteiger partial charge >= 0.3 is 0 Å². The first-order chi connectivity index (χ1) is 9.25. The molecule has 0 aromatic carbocycles. The van der Waals surface area contributed by atoms with Crippen LogP contribution in [0.2, 0.25) is 0 Å². The summed E-state index contributed by atoms with van der Waals surface area (Å²) in [4.78, 5) is 11.4. The molecule has 102 valence electrons. The third-order valence-corrected chi connectivity index (χ3v) is 3.97. The summed E-state index contributed by atoms with van der Waals surface area (Å²) in [6.45, 7) is 5.65. The first kappa shape index (κ1) is 12.4. The van der Waals surface area contributed by atoms with E-state index >= 15 is 0 Å². The lowest BCUT2D eigenvalue weighted by atomic mass is 10.3. The van der Waals surface area contributed by atoms with Gasteiger partial charge in [0.15, 0.2) is 5.82 Å². The van der Waals surface area contributed by atoms with Crippen LogP contribution in [-0.2, 0) is 7.05 Å². The summed E-state index contributed by atoms with van der Waals surface area (Å²) in [6, 6.07) is 2.54. The van der Waals surface area contributed by atoms with Crippen molar-refractivity contribution >= 4 is 16.9 Å². The maximum absolute atomic E-state index is 4.42. The molecule has 1 aliphatic heterocycles. The van der Waals surface area contributed by atoms with E-state index in [1.807, 2.05) is 30.2 Å². The van der Waals surface area contributed by atoms with Crippen LogP contribution < -0.4 is 5.32 Å². The SMILES string of the molecule is CC(CNc1nccc2c1ncn2C)N1CCCC1. The molecule has 0 aliphatic carbocycles. The number of aryl methyl sites for hydroxylation is 1. The maximum Gasteiger partial charge on any atom is 0.154 e. The molecule has 1 atom stereocenters. The Morgan fingerprint density at radius 3 is 2.89 bits per heavy atom. The summed E-state index contributed by atoms with van der Waals surface area (Å²) in [7, 11) is 2.01. The van der Waals surface area contributed by atoms with E-state index in [2.05, 4.69) is 27.1 Å². The number of nitrogens with zero attached hydrogens (tertiary/aromatic N) is 4. The second kappa shape index (κ2) is 5.17. The van der Waals surface area contributed by atoms with Crippen LogP contribution in [0.1, 0.15) is 19.8 Å². The highest BCUT2D eigenvalue weighted by Crippen LogP contribution is 2.19. The fourth-order valence-electron chi connectivity index (χ4n) is 2.75. The van der Waals surface area contributed by atoms with Crippen LogP contribution in [0.4, 0.5) is 5.82 Å². The van der Waals surface area contributed by atoms with Crippen LogP contribution in [0.15, 0.2) is 18.6 Å². The van der Waals surface area contributed by atoms with Gasteiger partial charge < -0.3 is 9.88 Å². The molecule has 0 amide bonds. The average molecular weight is 259 g/mol. The van der Waals surface area contributed by atoms with Crippen LogP contribution in [0.3, 0.4) is 0 Å². The topological polar surface area (TPSA) is 46.0 Å². The van der Waals surface area contributed by atoms with Crippen LogP contribution in [0, 0.1) is 0 Å². The lowest BCUT2D eigenvalue weighted by Crippen LogP contribution is -2.35. The van der Waals surface area contributed by atoms with Crippen LogP contribution in [-0.4, -0.2) is 45.1 Å². The Balaban J connectivity index is 1.71. The van der Waals surface area contributed by atoms with E-state index in [4.69, 9.17) is 0 Å². The second-order valence-corrected chi connectivity index (χ2v) is 5.36. The van der Waals surface area contributed by atoms with Gasteiger partial charge in [-0.05, 0) is 38.9 Å². The van der Waals surface area contributed by atoms with Gasteiger partial charge in [-0.3, -0.25) is 4.90 Å². The molecule has 0 saturated carbocycles. The number of rotatable bonds is 4. The van der Waals surface area contributed by atoms with Crippen molar-refractivity contribution in [3.63, 3.8) is 0 Å². The molecule has 3 heterocycles. The van der Waals surface area contributed by atoms with Crippen molar-refractivity contribution in [3.8, 4) is 0 Å². The quantitative estimate of drug-likeness (QED) is 0.910. The number of fused-ring (bicyclic) bond motifs is 1. The van der Waals surface area contributed by atoms with Gasteiger partial charge in [0, 0.05) is 25.8 Å². The number of hydrogen-bond donors (Lipinski definition) is 1. The summed E-state index contributed by atoms with van der Waals surface area (Å²) >= 11 is 0. The lowest BCUT2D eigenvalue weighted by Gasteiger charge is -2.24. The van der Waals surface area contributed by atoms with Crippen molar-refractivity contribution in [1.29, 1.82) is 0 Å². The van der Waals surface area contributed by atoms with Crippen molar-refractivity contribution in [2.75, 3.05) is 25.0 Å². The third kappa shape index (κ3) is 2.42. The molecule has 2 aromatic rings. The minimum absolute atomic E-state index is 0.545. The van der Waals surface area contributed by atoms with Crippen LogP contribution in [0.25, 0.3) is 11.0 Å². The Hall–Kier alpha value is -1.62. The summed E-state index contributed by atoms with van der Waals surface area (Å²) < 4.78 is 2.02. The van der Waals surface area contributed by atoms with Crippen molar-refractivity contribution in [2.45, 2.75) is 25.8 Å². The van der Waals surface area contributed by atoms with Crippen molar-refractivity contribution in [2.24, 2.45) is 7.05 Å². The number of anilines is 1. The average Bonchev–Trinajstić information content (AvgIpc) is 3.07. The molecule has 1 unspecified atom stereocenters. The molecule has 0 bridgehead atoms.